The highest BCUT2D eigenvalue weighted by atomic mass is 16.5. The summed E-state index contributed by atoms with van der Waals surface area (Å²) < 4.78 is 5.44. The van der Waals surface area contributed by atoms with Crippen LogP contribution in [0.5, 0.6) is 0 Å². The summed E-state index contributed by atoms with van der Waals surface area (Å²) >= 11 is 0. The number of aliphatic hydroxyl groups excluding tert-OH is 1. The molecule has 0 amide bonds. The Morgan fingerprint density at radius 1 is 1.17 bits per heavy atom. The molecule has 1 saturated carbocycles. The zero-order valence-electron chi connectivity index (χ0n) is 12.4. The fraction of sp³-hybridized carbons (Fsp3) is 1.00. The van der Waals surface area contributed by atoms with Crippen molar-refractivity contribution in [1.29, 1.82) is 0 Å². The molecule has 0 aromatic heterocycles. The van der Waals surface area contributed by atoms with Crippen LogP contribution in [0.15, 0.2) is 0 Å². The third-order valence-corrected chi connectivity index (χ3v) is 4.98. The van der Waals surface area contributed by atoms with Gasteiger partial charge in [0.05, 0.1) is 12.2 Å². The van der Waals surface area contributed by atoms with Crippen molar-refractivity contribution < 1.29 is 9.84 Å². The number of nitrogens with zero attached hydrogens (tertiary/aromatic N) is 1. The molecule has 4 unspecified atom stereocenters. The van der Waals surface area contributed by atoms with E-state index in [4.69, 9.17) is 4.74 Å². The molecule has 3 heteroatoms. The molecule has 3 nitrogen and oxygen atoms in total. The van der Waals surface area contributed by atoms with Gasteiger partial charge in [-0.2, -0.15) is 0 Å². The molecular formula is C15H29NO2. The molecule has 2 aliphatic rings. The number of aliphatic hydroxyl groups is 1. The highest BCUT2D eigenvalue weighted by Crippen LogP contribution is 2.40. The van der Waals surface area contributed by atoms with E-state index in [1.807, 2.05) is 0 Å². The van der Waals surface area contributed by atoms with E-state index in [1.54, 1.807) is 7.11 Å². The average molecular weight is 255 g/mol. The summed E-state index contributed by atoms with van der Waals surface area (Å²) in [6.45, 7) is 9.06. The van der Waals surface area contributed by atoms with Gasteiger partial charge in [-0.15, -0.1) is 0 Å². The maximum atomic E-state index is 10.3. The van der Waals surface area contributed by atoms with E-state index < -0.39 is 0 Å². The molecule has 0 bridgehead atoms. The monoisotopic (exact) mass is 255 g/mol. The lowest BCUT2D eigenvalue weighted by molar-refractivity contribution is -0.0141. The molecule has 0 aromatic carbocycles. The molecule has 18 heavy (non-hydrogen) atoms. The molecule has 0 spiro atoms. The largest absolute Gasteiger partial charge is 0.391 e. The second kappa shape index (κ2) is 5.48. The average Bonchev–Trinajstić information content (AvgIpc) is 2.76. The maximum absolute atomic E-state index is 10.3. The Labute approximate surface area is 112 Å². The molecule has 106 valence electrons. The van der Waals surface area contributed by atoms with Gasteiger partial charge < -0.3 is 9.84 Å². The van der Waals surface area contributed by atoms with Crippen LogP contribution in [0.1, 0.15) is 46.5 Å². The number of ether oxygens (including phenoxy) is 1. The summed E-state index contributed by atoms with van der Waals surface area (Å²) in [6.07, 6.45) is 4.61. The number of likely N-dealkylation sites (tertiary alicyclic amines) is 1. The minimum atomic E-state index is -0.140. The maximum Gasteiger partial charge on any atom is 0.0710 e. The van der Waals surface area contributed by atoms with E-state index in [9.17, 15) is 5.11 Å². The van der Waals surface area contributed by atoms with Crippen LogP contribution in [-0.4, -0.2) is 48.5 Å². The highest BCUT2D eigenvalue weighted by Gasteiger charge is 2.39. The van der Waals surface area contributed by atoms with Gasteiger partial charge in [-0.25, -0.2) is 0 Å². The predicted octanol–water partition coefficient (Wildman–Crippen LogP) is 2.28. The van der Waals surface area contributed by atoms with E-state index in [-0.39, 0.29) is 6.10 Å². The standard InChI is InChI=1S/C15H29NO2/c1-15(2,3)11-5-6-14(17)13(9-11)16-8-7-12(10-16)18-4/h11-14,17H,5-10H2,1-4H3. The quantitative estimate of drug-likeness (QED) is 0.821. The second-order valence-corrected chi connectivity index (χ2v) is 7.15. The van der Waals surface area contributed by atoms with Crippen molar-refractivity contribution in [2.75, 3.05) is 20.2 Å². The van der Waals surface area contributed by atoms with Gasteiger partial charge in [0.2, 0.25) is 0 Å². The molecule has 1 N–H and O–H groups in total. The number of hydrogen-bond donors (Lipinski definition) is 1. The van der Waals surface area contributed by atoms with Gasteiger partial charge >= 0.3 is 0 Å². The van der Waals surface area contributed by atoms with Crippen molar-refractivity contribution in [2.24, 2.45) is 11.3 Å². The van der Waals surface area contributed by atoms with Crippen LogP contribution in [0, 0.1) is 11.3 Å². The molecule has 1 heterocycles. The van der Waals surface area contributed by atoms with Gasteiger partial charge in [-0.3, -0.25) is 4.90 Å². The summed E-state index contributed by atoms with van der Waals surface area (Å²) in [7, 11) is 1.80. The van der Waals surface area contributed by atoms with Crippen LogP contribution in [0.25, 0.3) is 0 Å². The van der Waals surface area contributed by atoms with Crippen LogP contribution in [0.4, 0.5) is 0 Å². The van der Waals surface area contributed by atoms with Gasteiger partial charge in [-0.05, 0) is 37.0 Å². The first-order chi connectivity index (χ1) is 8.41. The Balaban J connectivity index is 1.98. The third-order valence-electron chi connectivity index (χ3n) is 4.98. The van der Waals surface area contributed by atoms with Crippen molar-refractivity contribution in [3.05, 3.63) is 0 Å². The smallest absolute Gasteiger partial charge is 0.0710 e. The van der Waals surface area contributed by atoms with Gasteiger partial charge in [-0.1, -0.05) is 20.8 Å². The summed E-state index contributed by atoms with van der Waals surface area (Å²) in [5, 5.41) is 10.3. The van der Waals surface area contributed by atoms with Crippen LogP contribution >= 0.6 is 0 Å². The van der Waals surface area contributed by atoms with Crippen LogP contribution < -0.4 is 0 Å². The third kappa shape index (κ3) is 3.06. The predicted molar refractivity (Wildman–Crippen MR) is 73.6 cm³/mol. The van der Waals surface area contributed by atoms with Gasteiger partial charge in [0.1, 0.15) is 0 Å². The Bertz CT molecular complexity index is 274. The van der Waals surface area contributed by atoms with Crippen molar-refractivity contribution in [1.82, 2.24) is 4.90 Å². The molecular weight excluding hydrogens is 226 g/mol. The minimum Gasteiger partial charge on any atom is -0.391 e. The lowest BCUT2D eigenvalue weighted by Crippen LogP contribution is -2.48. The zero-order valence-corrected chi connectivity index (χ0v) is 12.4. The topological polar surface area (TPSA) is 32.7 Å². The zero-order chi connectivity index (χ0) is 13.3. The number of rotatable bonds is 2. The van der Waals surface area contributed by atoms with Gasteiger partial charge in [0.25, 0.3) is 0 Å². The Morgan fingerprint density at radius 3 is 2.44 bits per heavy atom. The minimum absolute atomic E-state index is 0.140. The van der Waals surface area contributed by atoms with Crippen LogP contribution in [0.3, 0.4) is 0 Å². The highest BCUT2D eigenvalue weighted by molar-refractivity contribution is 4.93. The van der Waals surface area contributed by atoms with Crippen molar-refractivity contribution >= 4 is 0 Å². The number of hydrogen-bond acceptors (Lipinski definition) is 3. The molecule has 1 saturated heterocycles. The first kappa shape index (κ1) is 14.3. The van der Waals surface area contributed by atoms with Gasteiger partial charge in [0.15, 0.2) is 0 Å². The van der Waals surface area contributed by atoms with E-state index in [1.165, 1.54) is 6.42 Å². The van der Waals surface area contributed by atoms with E-state index in [0.29, 0.717) is 17.6 Å². The first-order valence-electron chi connectivity index (χ1n) is 7.36. The van der Waals surface area contributed by atoms with E-state index in [0.717, 1.165) is 38.3 Å². The molecule has 0 radical (unpaired) electrons. The first-order valence-corrected chi connectivity index (χ1v) is 7.36. The van der Waals surface area contributed by atoms with Crippen LogP contribution in [-0.2, 0) is 4.74 Å². The summed E-state index contributed by atoms with van der Waals surface area (Å²) in [4.78, 5) is 2.46. The van der Waals surface area contributed by atoms with Crippen molar-refractivity contribution in [3.8, 4) is 0 Å². The van der Waals surface area contributed by atoms with Crippen molar-refractivity contribution in [3.63, 3.8) is 0 Å². The SMILES string of the molecule is COC1CCN(C2CC(C(C)(C)C)CCC2O)C1. The molecule has 2 rings (SSSR count). The van der Waals surface area contributed by atoms with Crippen LogP contribution in [0.2, 0.25) is 0 Å². The summed E-state index contributed by atoms with van der Waals surface area (Å²) in [6, 6.07) is 0.350. The molecule has 2 fully saturated rings. The lowest BCUT2D eigenvalue weighted by Gasteiger charge is -2.43. The lowest BCUT2D eigenvalue weighted by atomic mass is 9.70. The molecule has 1 aliphatic heterocycles. The second-order valence-electron chi connectivity index (χ2n) is 7.15. The molecule has 1 aliphatic carbocycles. The Kier molecular flexibility index (Phi) is 4.35. The summed E-state index contributed by atoms with van der Waals surface area (Å²) in [5.74, 6) is 0.729. The Morgan fingerprint density at radius 2 is 1.89 bits per heavy atom. The fourth-order valence-electron chi connectivity index (χ4n) is 3.56. The normalized spacial score (nSPS) is 39.2. The Hall–Kier alpha value is -0.120. The van der Waals surface area contributed by atoms with E-state index in [2.05, 4.69) is 25.7 Å². The molecule has 0 aromatic rings. The van der Waals surface area contributed by atoms with E-state index >= 15 is 0 Å². The van der Waals surface area contributed by atoms with Gasteiger partial charge in [0, 0.05) is 26.2 Å². The fourth-order valence-corrected chi connectivity index (χ4v) is 3.56. The molecule has 4 atom stereocenters. The summed E-state index contributed by atoms with van der Waals surface area (Å²) in [5.41, 5.74) is 0.360. The van der Waals surface area contributed by atoms with Crippen molar-refractivity contribution in [2.45, 2.75) is 64.7 Å². The number of methoxy groups -OCH3 is 1.